The summed E-state index contributed by atoms with van der Waals surface area (Å²) >= 11 is 0. The number of benzene rings is 1. The van der Waals surface area contributed by atoms with Crippen molar-refractivity contribution in [1.29, 1.82) is 0 Å². The minimum Gasteiger partial charge on any atom is -0.326 e. The van der Waals surface area contributed by atoms with Crippen LogP contribution in [0.4, 0.5) is 5.69 Å². The number of hydrogen-bond acceptors (Lipinski definition) is 2. The van der Waals surface area contributed by atoms with Crippen molar-refractivity contribution in [2.24, 2.45) is 5.92 Å². The minimum absolute atomic E-state index is 0.0381. The number of amides is 1. The molecule has 1 aromatic carbocycles. The van der Waals surface area contributed by atoms with Gasteiger partial charge in [-0.15, -0.1) is 0 Å². The topological polar surface area (TPSA) is 46.2 Å². The number of hydrogen-bond donors (Lipinski definition) is 1. The summed E-state index contributed by atoms with van der Waals surface area (Å²) in [5.41, 5.74) is 1.99. The molecule has 0 aromatic heterocycles. The van der Waals surface area contributed by atoms with Gasteiger partial charge in [0.15, 0.2) is 0 Å². The molecule has 3 heteroatoms. The van der Waals surface area contributed by atoms with Crippen molar-refractivity contribution in [2.75, 3.05) is 5.32 Å². The maximum Gasteiger partial charge on any atom is 0.228 e. The Morgan fingerprint density at radius 1 is 1.47 bits per heavy atom. The highest BCUT2D eigenvalue weighted by atomic mass is 16.2. The lowest BCUT2D eigenvalue weighted by Crippen LogP contribution is -2.31. The van der Waals surface area contributed by atoms with Crippen LogP contribution in [0.3, 0.4) is 0 Å². The van der Waals surface area contributed by atoms with Crippen molar-refractivity contribution in [2.45, 2.75) is 19.8 Å². The minimum atomic E-state index is -0.197. The number of carbonyl (C=O) groups excluding carboxylic acids is 2. The van der Waals surface area contributed by atoms with Gasteiger partial charge in [0.25, 0.3) is 0 Å². The third-order valence-electron chi connectivity index (χ3n) is 2.65. The van der Waals surface area contributed by atoms with E-state index in [1.807, 2.05) is 24.3 Å². The van der Waals surface area contributed by atoms with Gasteiger partial charge in [-0.1, -0.05) is 18.2 Å². The van der Waals surface area contributed by atoms with E-state index in [9.17, 15) is 9.59 Å². The highest BCUT2D eigenvalue weighted by Crippen LogP contribution is 2.26. The molecule has 0 saturated carbocycles. The smallest absolute Gasteiger partial charge is 0.228 e. The first-order valence-corrected chi connectivity index (χ1v) is 5.05. The molecule has 3 nitrogen and oxygen atoms in total. The Morgan fingerprint density at radius 2 is 2.20 bits per heavy atom. The summed E-state index contributed by atoms with van der Waals surface area (Å²) in [6.07, 6.45) is 1.00. The summed E-state index contributed by atoms with van der Waals surface area (Å²) in [4.78, 5) is 22.6. The van der Waals surface area contributed by atoms with Crippen LogP contribution >= 0.6 is 0 Å². The van der Waals surface area contributed by atoms with E-state index in [1.165, 1.54) is 6.92 Å². The van der Waals surface area contributed by atoms with Gasteiger partial charge in [0.1, 0.15) is 5.78 Å². The van der Waals surface area contributed by atoms with E-state index >= 15 is 0 Å². The van der Waals surface area contributed by atoms with E-state index in [1.54, 1.807) is 0 Å². The van der Waals surface area contributed by atoms with Crippen LogP contribution in [0.25, 0.3) is 0 Å². The fourth-order valence-electron chi connectivity index (χ4n) is 1.93. The van der Waals surface area contributed by atoms with Crippen molar-refractivity contribution in [3.8, 4) is 0 Å². The highest BCUT2D eigenvalue weighted by Gasteiger charge is 2.26. The Hall–Kier alpha value is -1.64. The van der Waals surface area contributed by atoms with Gasteiger partial charge in [-0.25, -0.2) is 0 Å². The van der Waals surface area contributed by atoms with Crippen LogP contribution in [0, 0.1) is 5.92 Å². The van der Waals surface area contributed by atoms with Gasteiger partial charge in [0, 0.05) is 18.0 Å². The number of anilines is 1. The lowest BCUT2D eigenvalue weighted by Gasteiger charge is -2.23. The summed E-state index contributed by atoms with van der Waals surface area (Å²) in [6, 6.07) is 7.71. The molecule has 0 bridgehead atoms. The van der Waals surface area contributed by atoms with E-state index in [2.05, 4.69) is 5.32 Å². The fraction of sp³-hybridized carbons (Fsp3) is 0.333. The fourth-order valence-corrected chi connectivity index (χ4v) is 1.93. The van der Waals surface area contributed by atoms with Crippen LogP contribution < -0.4 is 5.32 Å². The van der Waals surface area contributed by atoms with Crippen molar-refractivity contribution in [1.82, 2.24) is 0 Å². The van der Waals surface area contributed by atoms with E-state index in [4.69, 9.17) is 0 Å². The number of carbonyl (C=O) groups is 2. The average Bonchev–Trinajstić information content (AvgIpc) is 2.18. The molecule has 78 valence electrons. The Bertz CT molecular complexity index is 412. The van der Waals surface area contributed by atoms with Crippen molar-refractivity contribution in [3.63, 3.8) is 0 Å². The number of fused-ring (bicyclic) bond motifs is 1. The van der Waals surface area contributed by atoms with Crippen LogP contribution in [-0.2, 0) is 16.0 Å². The highest BCUT2D eigenvalue weighted by molar-refractivity contribution is 5.97. The Morgan fingerprint density at radius 3 is 2.93 bits per heavy atom. The average molecular weight is 203 g/mol. The van der Waals surface area contributed by atoms with Gasteiger partial charge >= 0.3 is 0 Å². The lowest BCUT2D eigenvalue weighted by atomic mass is 9.90. The zero-order valence-electron chi connectivity index (χ0n) is 8.62. The number of rotatable bonds is 2. The molecular formula is C12H13NO2. The van der Waals surface area contributed by atoms with Crippen molar-refractivity contribution in [3.05, 3.63) is 29.8 Å². The Balaban J connectivity index is 2.22. The molecule has 15 heavy (non-hydrogen) atoms. The van der Waals surface area contributed by atoms with Gasteiger partial charge < -0.3 is 10.1 Å². The van der Waals surface area contributed by atoms with E-state index in [0.717, 1.165) is 11.3 Å². The summed E-state index contributed by atoms with van der Waals surface area (Å²) in [5, 5.41) is 2.82. The zero-order chi connectivity index (χ0) is 10.8. The first-order chi connectivity index (χ1) is 7.16. The molecular weight excluding hydrogens is 190 g/mol. The molecule has 1 heterocycles. The summed E-state index contributed by atoms with van der Waals surface area (Å²) in [7, 11) is 0. The van der Waals surface area contributed by atoms with Gasteiger partial charge in [0.2, 0.25) is 5.91 Å². The van der Waals surface area contributed by atoms with Crippen molar-refractivity contribution >= 4 is 17.4 Å². The standard InChI is InChI=1S/C12H13NO2/c1-8(14)6-10-7-9-4-2-3-5-11(9)13-12(10)15/h2-5,10H,6-7H2,1H3,(H,13,15). The number of ketones is 1. The van der Waals surface area contributed by atoms with Gasteiger partial charge in [0.05, 0.1) is 0 Å². The molecule has 1 aliphatic heterocycles. The Kier molecular flexibility index (Phi) is 2.54. The molecule has 1 aromatic rings. The van der Waals surface area contributed by atoms with E-state index in [-0.39, 0.29) is 17.6 Å². The lowest BCUT2D eigenvalue weighted by molar-refractivity contribution is -0.125. The largest absolute Gasteiger partial charge is 0.326 e. The summed E-state index contributed by atoms with van der Waals surface area (Å²) in [5.74, 6) is -0.171. The predicted molar refractivity (Wildman–Crippen MR) is 57.6 cm³/mol. The van der Waals surface area contributed by atoms with Crippen molar-refractivity contribution < 1.29 is 9.59 Å². The maximum absolute atomic E-state index is 11.6. The molecule has 0 aliphatic carbocycles. The molecule has 0 fully saturated rings. The quantitative estimate of drug-likeness (QED) is 0.796. The zero-order valence-corrected chi connectivity index (χ0v) is 8.62. The van der Waals surface area contributed by atoms with E-state index < -0.39 is 0 Å². The third kappa shape index (κ3) is 2.06. The SMILES string of the molecule is CC(=O)CC1Cc2ccccc2NC1=O. The second kappa shape index (κ2) is 3.85. The normalized spacial score (nSPS) is 19.3. The second-order valence-corrected chi connectivity index (χ2v) is 3.95. The second-order valence-electron chi connectivity index (χ2n) is 3.95. The molecule has 1 N–H and O–H groups in total. The summed E-state index contributed by atoms with van der Waals surface area (Å²) in [6.45, 7) is 1.52. The van der Waals surface area contributed by atoms with Gasteiger partial charge in [-0.3, -0.25) is 4.79 Å². The monoisotopic (exact) mass is 203 g/mol. The molecule has 1 atom stereocenters. The molecule has 1 amide bonds. The van der Waals surface area contributed by atoms with E-state index in [0.29, 0.717) is 12.8 Å². The number of para-hydroxylation sites is 1. The molecule has 0 spiro atoms. The molecule has 1 aliphatic rings. The van der Waals surface area contributed by atoms with Gasteiger partial charge in [-0.2, -0.15) is 0 Å². The van der Waals surface area contributed by atoms with Crippen LogP contribution in [0.15, 0.2) is 24.3 Å². The van der Waals surface area contributed by atoms with Crippen LogP contribution in [0.2, 0.25) is 0 Å². The summed E-state index contributed by atoms with van der Waals surface area (Å²) < 4.78 is 0. The predicted octanol–water partition coefficient (Wildman–Crippen LogP) is 1.78. The maximum atomic E-state index is 11.6. The Labute approximate surface area is 88.5 Å². The first-order valence-electron chi connectivity index (χ1n) is 5.05. The first kappa shape index (κ1) is 9.90. The molecule has 0 radical (unpaired) electrons. The van der Waals surface area contributed by atoms with Crippen LogP contribution in [-0.4, -0.2) is 11.7 Å². The van der Waals surface area contributed by atoms with Crippen LogP contribution in [0.1, 0.15) is 18.9 Å². The van der Waals surface area contributed by atoms with Gasteiger partial charge in [-0.05, 0) is 25.0 Å². The molecule has 0 saturated heterocycles. The number of nitrogens with one attached hydrogen (secondary N) is 1. The van der Waals surface area contributed by atoms with Crippen LogP contribution in [0.5, 0.6) is 0 Å². The number of Topliss-reactive ketones (excluding diaryl/α,β-unsaturated/α-hetero) is 1. The molecule has 2 rings (SSSR count). The molecule has 1 unspecified atom stereocenters. The third-order valence-corrected chi connectivity index (χ3v) is 2.65.